The predicted octanol–water partition coefficient (Wildman–Crippen LogP) is 5.26. The third-order valence-corrected chi connectivity index (χ3v) is 11.2. The molecule has 0 heterocycles. The Morgan fingerprint density at radius 2 is 1.82 bits per heavy atom. The molecule has 0 bridgehead atoms. The summed E-state index contributed by atoms with van der Waals surface area (Å²) < 4.78 is 16.5. The molecule has 1 N–H and O–H groups in total. The van der Waals surface area contributed by atoms with Crippen LogP contribution in [0.1, 0.15) is 91.4 Å². The summed E-state index contributed by atoms with van der Waals surface area (Å²) in [5.41, 5.74) is -1.81. The predicted molar refractivity (Wildman–Crippen MR) is 146 cm³/mol. The third-order valence-electron chi connectivity index (χ3n) is 11.2. The number of fused-ring (bicyclic) bond motifs is 5. The molecule has 0 aliphatic heterocycles. The summed E-state index contributed by atoms with van der Waals surface area (Å²) in [4.78, 5) is 51.4. The number of aliphatic hydroxyl groups excluding tert-OH is 1. The van der Waals surface area contributed by atoms with Crippen molar-refractivity contribution < 1.29 is 38.5 Å². The second-order valence-corrected chi connectivity index (χ2v) is 13.1. The van der Waals surface area contributed by atoms with Crippen LogP contribution in [0.15, 0.2) is 23.8 Å². The van der Waals surface area contributed by atoms with Gasteiger partial charge in [0.25, 0.3) is 0 Å². The molecule has 0 aromatic rings. The van der Waals surface area contributed by atoms with Crippen molar-refractivity contribution in [2.75, 3.05) is 13.2 Å². The fourth-order valence-electron chi connectivity index (χ4n) is 9.24. The highest BCUT2D eigenvalue weighted by molar-refractivity contribution is 6.01. The highest BCUT2D eigenvalue weighted by atomic mass is 16.7. The molecule has 5 rings (SSSR count). The number of esters is 1. The SMILES string of the molecule is CCOC(=O)O[C@]1(C(=O)COC(=O)CCC2CCCC2)CC[C@H]2[C@@H]3CCC4=CC(=O)C=C[C@]4(C)[C@H]3C(O)C[C@@]21C. The number of carbonyl (C=O) groups excluding carboxylic acids is 4. The van der Waals surface area contributed by atoms with Gasteiger partial charge >= 0.3 is 12.1 Å². The maximum absolute atomic E-state index is 14.0. The summed E-state index contributed by atoms with van der Waals surface area (Å²) in [5.74, 6) is -0.379. The fraction of sp³-hybridized carbons (Fsp3) is 0.750. The molecule has 4 fully saturated rings. The van der Waals surface area contributed by atoms with E-state index >= 15 is 0 Å². The molecule has 0 aromatic carbocycles. The van der Waals surface area contributed by atoms with Gasteiger partial charge < -0.3 is 19.3 Å². The molecule has 0 radical (unpaired) electrons. The van der Waals surface area contributed by atoms with E-state index in [9.17, 15) is 24.3 Å². The Morgan fingerprint density at radius 1 is 1.07 bits per heavy atom. The third kappa shape index (κ3) is 4.84. The van der Waals surface area contributed by atoms with Gasteiger partial charge in [-0.25, -0.2) is 4.79 Å². The summed E-state index contributed by atoms with van der Waals surface area (Å²) in [7, 11) is 0. The minimum Gasteiger partial charge on any atom is -0.457 e. The molecular formula is C32H44O8. The lowest BCUT2D eigenvalue weighted by molar-refractivity contribution is -0.185. The van der Waals surface area contributed by atoms with E-state index in [1.807, 2.05) is 13.0 Å². The standard InChI is InChI=1S/C32H44O8/c1-4-38-29(37)40-32(26(35)19-39-27(36)12-9-20-7-5-6-8-20)16-14-24-23-11-10-21-17-22(33)13-15-30(21,2)28(23)25(34)18-31(24,32)3/h13,15,17,20,23-25,28,34H,4-12,14,16,18-19H2,1-3H3/t23-,24-,25?,28+,30-,31-,32-/m0/s1. The van der Waals surface area contributed by atoms with Crippen molar-refractivity contribution in [3.63, 3.8) is 0 Å². The number of rotatable bonds is 8. The number of aliphatic hydroxyl groups is 1. The summed E-state index contributed by atoms with van der Waals surface area (Å²) in [6, 6.07) is 0. The minimum absolute atomic E-state index is 0.00162. The normalized spacial score (nSPS) is 38.6. The van der Waals surface area contributed by atoms with E-state index in [4.69, 9.17) is 14.2 Å². The number of hydrogen-bond acceptors (Lipinski definition) is 8. The Morgan fingerprint density at radius 3 is 2.55 bits per heavy atom. The Hall–Kier alpha value is -2.48. The molecule has 0 aromatic heterocycles. The first-order valence-corrected chi connectivity index (χ1v) is 15.2. The zero-order chi connectivity index (χ0) is 28.7. The van der Waals surface area contributed by atoms with Gasteiger partial charge in [0.2, 0.25) is 5.78 Å². The van der Waals surface area contributed by atoms with Crippen molar-refractivity contribution in [3.05, 3.63) is 23.8 Å². The first-order valence-electron chi connectivity index (χ1n) is 15.2. The monoisotopic (exact) mass is 556 g/mol. The van der Waals surface area contributed by atoms with Crippen molar-refractivity contribution in [1.82, 2.24) is 0 Å². The lowest BCUT2D eigenvalue weighted by atomic mass is 9.46. The zero-order valence-electron chi connectivity index (χ0n) is 24.1. The van der Waals surface area contributed by atoms with Gasteiger partial charge in [-0.1, -0.05) is 51.2 Å². The van der Waals surface area contributed by atoms with Crippen molar-refractivity contribution >= 4 is 23.7 Å². The van der Waals surface area contributed by atoms with E-state index in [-0.39, 0.29) is 49.4 Å². The van der Waals surface area contributed by atoms with Crippen LogP contribution >= 0.6 is 0 Å². The Balaban J connectivity index is 1.38. The van der Waals surface area contributed by atoms with Crippen LogP contribution in [0.5, 0.6) is 0 Å². The van der Waals surface area contributed by atoms with Crippen LogP contribution in [0.4, 0.5) is 4.79 Å². The van der Waals surface area contributed by atoms with Gasteiger partial charge in [-0.05, 0) is 75.4 Å². The molecule has 0 saturated heterocycles. The molecule has 0 spiro atoms. The molecule has 1 unspecified atom stereocenters. The van der Waals surface area contributed by atoms with Gasteiger partial charge in [-0.15, -0.1) is 0 Å². The van der Waals surface area contributed by atoms with Crippen LogP contribution in [0.25, 0.3) is 0 Å². The van der Waals surface area contributed by atoms with E-state index in [1.54, 1.807) is 19.1 Å². The Bertz CT molecular complexity index is 1100. The number of ketones is 2. The van der Waals surface area contributed by atoms with E-state index in [1.165, 1.54) is 12.8 Å². The lowest BCUT2D eigenvalue weighted by Gasteiger charge is -2.59. The molecule has 40 heavy (non-hydrogen) atoms. The first kappa shape index (κ1) is 29.0. The van der Waals surface area contributed by atoms with Gasteiger partial charge in [0.05, 0.1) is 12.7 Å². The summed E-state index contributed by atoms with van der Waals surface area (Å²) >= 11 is 0. The maximum Gasteiger partial charge on any atom is 0.509 e. The van der Waals surface area contributed by atoms with Crippen LogP contribution < -0.4 is 0 Å². The van der Waals surface area contributed by atoms with Crippen LogP contribution in [-0.4, -0.2) is 53.7 Å². The molecular weight excluding hydrogens is 512 g/mol. The topological polar surface area (TPSA) is 116 Å². The van der Waals surface area contributed by atoms with Crippen molar-refractivity contribution in [3.8, 4) is 0 Å². The van der Waals surface area contributed by atoms with E-state index in [0.717, 1.165) is 37.7 Å². The number of hydrogen-bond donors (Lipinski definition) is 1. The smallest absolute Gasteiger partial charge is 0.457 e. The lowest BCUT2D eigenvalue weighted by Crippen LogP contribution is -2.63. The van der Waals surface area contributed by atoms with Gasteiger partial charge in [0.1, 0.15) is 0 Å². The largest absolute Gasteiger partial charge is 0.509 e. The van der Waals surface area contributed by atoms with Gasteiger partial charge in [0.15, 0.2) is 18.0 Å². The maximum atomic E-state index is 14.0. The van der Waals surface area contributed by atoms with Crippen LogP contribution in [0.3, 0.4) is 0 Å². The Labute approximate surface area is 236 Å². The van der Waals surface area contributed by atoms with Crippen LogP contribution in [0, 0.1) is 34.5 Å². The van der Waals surface area contributed by atoms with E-state index in [0.29, 0.717) is 12.3 Å². The molecule has 5 aliphatic carbocycles. The van der Waals surface area contributed by atoms with Crippen LogP contribution in [-0.2, 0) is 28.6 Å². The number of Topliss-reactive ketones (excluding diaryl/α,β-unsaturated/α-hetero) is 1. The number of allylic oxidation sites excluding steroid dienone is 4. The van der Waals surface area contributed by atoms with Gasteiger partial charge in [0, 0.05) is 23.2 Å². The highest BCUT2D eigenvalue weighted by Crippen LogP contribution is 2.68. The minimum atomic E-state index is -1.56. The molecule has 220 valence electrons. The second kappa shape index (κ2) is 11.1. The second-order valence-electron chi connectivity index (χ2n) is 13.1. The summed E-state index contributed by atoms with van der Waals surface area (Å²) in [5, 5.41) is 11.7. The average molecular weight is 557 g/mol. The van der Waals surface area contributed by atoms with Gasteiger partial charge in [-0.2, -0.15) is 0 Å². The van der Waals surface area contributed by atoms with Crippen LogP contribution in [0.2, 0.25) is 0 Å². The van der Waals surface area contributed by atoms with Crippen molar-refractivity contribution in [2.24, 2.45) is 34.5 Å². The first-order chi connectivity index (χ1) is 19.0. The fourth-order valence-corrected chi connectivity index (χ4v) is 9.24. The summed E-state index contributed by atoms with van der Waals surface area (Å²) in [6.45, 7) is 5.34. The van der Waals surface area contributed by atoms with E-state index < -0.39 is 47.0 Å². The summed E-state index contributed by atoms with van der Waals surface area (Å²) in [6.07, 6.45) is 12.0. The zero-order valence-corrected chi connectivity index (χ0v) is 24.1. The molecule has 4 saturated carbocycles. The molecule has 8 nitrogen and oxygen atoms in total. The van der Waals surface area contributed by atoms with Crippen molar-refractivity contribution in [2.45, 2.75) is 103 Å². The molecule has 7 atom stereocenters. The quantitative estimate of drug-likeness (QED) is 0.403. The average Bonchev–Trinajstić information content (AvgIpc) is 3.53. The molecule has 0 amide bonds. The number of ether oxygens (including phenoxy) is 3. The molecule has 5 aliphatic rings. The van der Waals surface area contributed by atoms with Gasteiger partial charge in [-0.3, -0.25) is 14.4 Å². The van der Waals surface area contributed by atoms with Crippen molar-refractivity contribution in [1.29, 1.82) is 0 Å². The van der Waals surface area contributed by atoms with E-state index in [2.05, 4.69) is 6.92 Å². The Kier molecular flexibility index (Phi) is 8.03. The highest BCUT2D eigenvalue weighted by Gasteiger charge is 2.70. The number of carbonyl (C=O) groups is 4. The molecule has 8 heteroatoms.